The van der Waals surface area contributed by atoms with E-state index in [1.165, 1.54) is 18.2 Å². The molecular weight excluding hydrogens is 334 g/mol. The number of alkyl halides is 2. The zero-order valence-corrected chi connectivity index (χ0v) is 13.3. The number of hydrogen-bond acceptors (Lipinski definition) is 3. The maximum Gasteiger partial charge on any atom is 0.387 e. The third kappa shape index (κ3) is 7.14. The lowest BCUT2D eigenvalue weighted by Gasteiger charge is -2.25. The van der Waals surface area contributed by atoms with Crippen LogP contribution >= 0.6 is 11.6 Å². The van der Waals surface area contributed by atoms with Gasteiger partial charge in [-0.2, -0.15) is 8.78 Å². The number of carboxylic acids is 1. The first kappa shape index (κ1) is 19.0. The van der Waals surface area contributed by atoms with Crippen molar-refractivity contribution in [1.29, 1.82) is 0 Å². The second kappa shape index (κ2) is 7.96. The minimum atomic E-state index is -3.00. The Morgan fingerprint density at radius 2 is 2.04 bits per heavy atom. The molecule has 0 heterocycles. The first-order valence-corrected chi connectivity index (χ1v) is 7.02. The Morgan fingerprint density at radius 1 is 1.39 bits per heavy atom. The SMILES string of the molecule is CC(C)(CCC(=O)O)NC(=O)Nc1ccc(OC(F)F)c(Cl)c1. The fraction of sp³-hybridized carbons (Fsp3) is 0.429. The number of aliphatic carboxylic acids is 1. The number of ether oxygens (including phenoxy) is 1. The molecule has 0 bridgehead atoms. The number of halogens is 3. The largest absolute Gasteiger partial charge is 0.481 e. The van der Waals surface area contributed by atoms with Crippen LogP contribution in [0.3, 0.4) is 0 Å². The molecule has 2 amide bonds. The molecule has 6 nitrogen and oxygen atoms in total. The standard InChI is InChI=1S/C14H17ClF2N2O4/c1-14(2,6-5-11(20)21)19-13(22)18-8-3-4-10(9(15)7-8)23-12(16)17/h3-4,7,12H,5-6H2,1-2H3,(H,20,21)(H2,18,19,22). The van der Waals surface area contributed by atoms with E-state index >= 15 is 0 Å². The van der Waals surface area contributed by atoms with Crippen LogP contribution in [-0.4, -0.2) is 29.3 Å². The Balaban J connectivity index is 2.63. The van der Waals surface area contributed by atoms with Crippen molar-refractivity contribution >= 4 is 29.3 Å². The topological polar surface area (TPSA) is 87.7 Å². The van der Waals surface area contributed by atoms with Gasteiger partial charge in [0.2, 0.25) is 0 Å². The molecular formula is C14H17ClF2N2O4. The number of carbonyl (C=O) groups excluding carboxylic acids is 1. The summed E-state index contributed by atoms with van der Waals surface area (Å²) in [5.74, 6) is -1.16. The van der Waals surface area contributed by atoms with Crippen LogP contribution in [0.15, 0.2) is 18.2 Å². The molecule has 9 heteroatoms. The first-order chi connectivity index (χ1) is 10.6. The summed E-state index contributed by atoms with van der Waals surface area (Å²) in [5, 5.41) is 13.7. The second-order valence-electron chi connectivity index (χ2n) is 5.38. The Morgan fingerprint density at radius 3 is 2.57 bits per heavy atom. The molecule has 0 saturated heterocycles. The fourth-order valence-electron chi connectivity index (χ4n) is 1.72. The number of rotatable bonds is 7. The summed E-state index contributed by atoms with van der Waals surface area (Å²) in [6, 6.07) is 3.26. The van der Waals surface area contributed by atoms with Gasteiger partial charge in [0.1, 0.15) is 5.75 Å². The van der Waals surface area contributed by atoms with Crippen molar-refractivity contribution in [2.75, 3.05) is 5.32 Å². The van der Waals surface area contributed by atoms with E-state index < -0.39 is 24.2 Å². The molecule has 0 saturated carbocycles. The highest BCUT2D eigenvalue weighted by Crippen LogP contribution is 2.29. The van der Waals surface area contributed by atoms with Gasteiger partial charge in [-0.05, 0) is 38.5 Å². The number of amides is 2. The van der Waals surface area contributed by atoms with Crippen LogP contribution in [0.1, 0.15) is 26.7 Å². The van der Waals surface area contributed by atoms with Crippen molar-refractivity contribution in [3.63, 3.8) is 0 Å². The Bertz CT molecular complexity index is 582. The number of nitrogens with one attached hydrogen (secondary N) is 2. The van der Waals surface area contributed by atoms with E-state index in [0.717, 1.165) is 0 Å². The molecule has 0 aliphatic carbocycles. The molecule has 23 heavy (non-hydrogen) atoms. The number of carbonyl (C=O) groups is 2. The van der Waals surface area contributed by atoms with Crippen LogP contribution in [0.4, 0.5) is 19.3 Å². The molecule has 3 N–H and O–H groups in total. The van der Waals surface area contributed by atoms with Crippen LogP contribution in [-0.2, 0) is 4.79 Å². The van der Waals surface area contributed by atoms with Crippen LogP contribution < -0.4 is 15.4 Å². The summed E-state index contributed by atoms with van der Waals surface area (Å²) in [6.45, 7) is 0.370. The molecule has 1 rings (SSSR count). The van der Waals surface area contributed by atoms with E-state index in [1.807, 2.05) is 0 Å². The molecule has 0 fully saturated rings. The maximum atomic E-state index is 12.1. The normalized spacial score (nSPS) is 11.2. The predicted octanol–water partition coefficient (Wildman–Crippen LogP) is 3.71. The molecule has 0 aliphatic heterocycles. The van der Waals surface area contributed by atoms with E-state index in [-0.39, 0.29) is 29.3 Å². The van der Waals surface area contributed by atoms with Crippen LogP contribution in [0.25, 0.3) is 0 Å². The lowest BCUT2D eigenvalue weighted by molar-refractivity contribution is -0.137. The summed E-state index contributed by atoms with van der Waals surface area (Å²) in [6.07, 6.45) is 0.163. The monoisotopic (exact) mass is 350 g/mol. The van der Waals surface area contributed by atoms with Crippen LogP contribution in [0, 0.1) is 0 Å². The molecule has 1 aromatic rings. The highest BCUT2D eigenvalue weighted by atomic mass is 35.5. The smallest absolute Gasteiger partial charge is 0.387 e. The van der Waals surface area contributed by atoms with Crippen molar-refractivity contribution in [1.82, 2.24) is 5.32 Å². The molecule has 0 spiro atoms. The van der Waals surface area contributed by atoms with Crippen molar-refractivity contribution < 1.29 is 28.2 Å². The van der Waals surface area contributed by atoms with Gasteiger partial charge in [-0.1, -0.05) is 11.6 Å². The first-order valence-electron chi connectivity index (χ1n) is 6.64. The number of carboxylic acid groups (broad SMARTS) is 1. The van der Waals surface area contributed by atoms with E-state index in [0.29, 0.717) is 0 Å². The summed E-state index contributed by atoms with van der Waals surface area (Å²) < 4.78 is 28.4. The van der Waals surface area contributed by atoms with Crippen molar-refractivity contribution in [2.24, 2.45) is 0 Å². The number of hydrogen-bond donors (Lipinski definition) is 3. The molecule has 0 radical (unpaired) electrons. The zero-order valence-electron chi connectivity index (χ0n) is 12.5. The van der Waals surface area contributed by atoms with Gasteiger partial charge in [0.15, 0.2) is 0 Å². The Hall–Kier alpha value is -2.09. The van der Waals surface area contributed by atoms with Gasteiger partial charge in [0, 0.05) is 17.6 Å². The minimum Gasteiger partial charge on any atom is -0.481 e. The quantitative estimate of drug-likeness (QED) is 0.699. The van der Waals surface area contributed by atoms with Gasteiger partial charge in [0.05, 0.1) is 5.02 Å². The molecule has 128 valence electrons. The van der Waals surface area contributed by atoms with Crippen LogP contribution in [0.5, 0.6) is 5.75 Å². The van der Waals surface area contributed by atoms with Gasteiger partial charge in [-0.15, -0.1) is 0 Å². The lowest BCUT2D eigenvalue weighted by atomic mass is 9.99. The summed E-state index contributed by atoms with van der Waals surface area (Å²) in [7, 11) is 0. The van der Waals surface area contributed by atoms with Crippen molar-refractivity contribution in [2.45, 2.75) is 38.8 Å². The highest BCUT2D eigenvalue weighted by Gasteiger charge is 2.21. The number of urea groups is 1. The Kier molecular flexibility index (Phi) is 6.56. The van der Waals surface area contributed by atoms with E-state index in [1.54, 1.807) is 13.8 Å². The summed E-state index contributed by atoms with van der Waals surface area (Å²) in [4.78, 5) is 22.4. The minimum absolute atomic E-state index is 0.0757. The predicted molar refractivity (Wildman–Crippen MR) is 81.2 cm³/mol. The van der Waals surface area contributed by atoms with Crippen LogP contribution in [0.2, 0.25) is 5.02 Å². The van der Waals surface area contributed by atoms with E-state index in [2.05, 4.69) is 15.4 Å². The molecule has 1 aromatic carbocycles. The van der Waals surface area contributed by atoms with Gasteiger partial charge < -0.3 is 20.5 Å². The van der Waals surface area contributed by atoms with Gasteiger partial charge in [-0.3, -0.25) is 4.79 Å². The number of anilines is 1. The number of benzene rings is 1. The fourth-order valence-corrected chi connectivity index (χ4v) is 1.95. The average molecular weight is 351 g/mol. The second-order valence-corrected chi connectivity index (χ2v) is 5.79. The average Bonchev–Trinajstić information content (AvgIpc) is 2.38. The van der Waals surface area contributed by atoms with Gasteiger partial charge >= 0.3 is 18.6 Å². The zero-order chi connectivity index (χ0) is 17.6. The third-order valence-electron chi connectivity index (χ3n) is 2.82. The van der Waals surface area contributed by atoms with Gasteiger partial charge in [0.25, 0.3) is 0 Å². The highest BCUT2D eigenvalue weighted by molar-refractivity contribution is 6.32. The molecule has 0 aromatic heterocycles. The lowest BCUT2D eigenvalue weighted by Crippen LogP contribution is -2.45. The Labute approximate surface area is 136 Å². The van der Waals surface area contributed by atoms with E-state index in [4.69, 9.17) is 16.7 Å². The van der Waals surface area contributed by atoms with Crippen molar-refractivity contribution in [3.8, 4) is 5.75 Å². The molecule has 0 unspecified atom stereocenters. The third-order valence-corrected chi connectivity index (χ3v) is 3.12. The molecule has 0 aliphatic rings. The summed E-state index contributed by atoms with van der Waals surface area (Å²) >= 11 is 5.78. The maximum absolute atomic E-state index is 12.1. The van der Waals surface area contributed by atoms with Crippen molar-refractivity contribution in [3.05, 3.63) is 23.2 Å². The summed E-state index contributed by atoms with van der Waals surface area (Å²) in [5.41, 5.74) is -0.450. The molecule has 0 atom stereocenters. The van der Waals surface area contributed by atoms with Gasteiger partial charge in [-0.25, -0.2) is 4.79 Å². The van der Waals surface area contributed by atoms with E-state index in [9.17, 15) is 18.4 Å².